The van der Waals surface area contributed by atoms with Crippen molar-refractivity contribution in [3.63, 3.8) is 0 Å². The molecule has 0 saturated heterocycles. The quantitative estimate of drug-likeness (QED) is 0.563. The van der Waals surface area contributed by atoms with E-state index < -0.39 is 29.9 Å². The van der Waals surface area contributed by atoms with Gasteiger partial charge in [-0.3, -0.25) is 14.4 Å². The van der Waals surface area contributed by atoms with Crippen LogP contribution in [0.1, 0.15) is 39.0 Å². The zero-order chi connectivity index (χ0) is 16.4. The molecule has 0 aliphatic rings. The Balaban J connectivity index is 4.33. The molecule has 2 N–H and O–H groups in total. The van der Waals surface area contributed by atoms with Crippen LogP contribution < -0.4 is 0 Å². The van der Waals surface area contributed by atoms with Gasteiger partial charge in [0.25, 0.3) is 0 Å². The normalized spacial score (nSPS) is 11.5. The van der Waals surface area contributed by atoms with E-state index in [2.05, 4.69) is 0 Å². The summed E-state index contributed by atoms with van der Waals surface area (Å²) in [5.41, 5.74) is 0. The molecule has 1 atom stereocenters. The van der Waals surface area contributed by atoms with Crippen LogP contribution in [0, 0.1) is 0 Å². The van der Waals surface area contributed by atoms with E-state index in [0.29, 0.717) is 0 Å². The highest BCUT2D eigenvalue weighted by Gasteiger charge is 2.26. The van der Waals surface area contributed by atoms with E-state index in [1.165, 1.54) is 7.05 Å². The van der Waals surface area contributed by atoms with Gasteiger partial charge in [0.05, 0.1) is 6.61 Å². The summed E-state index contributed by atoms with van der Waals surface area (Å²) < 4.78 is 4.71. The van der Waals surface area contributed by atoms with Crippen molar-refractivity contribution < 1.29 is 34.1 Å². The van der Waals surface area contributed by atoms with Crippen molar-refractivity contribution in [1.82, 2.24) is 4.90 Å². The molecule has 0 saturated carbocycles. The Labute approximate surface area is 122 Å². The second-order valence-corrected chi connectivity index (χ2v) is 4.45. The van der Waals surface area contributed by atoms with Crippen LogP contribution in [0.5, 0.6) is 0 Å². The summed E-state index contributed by atoms with van der Waals surface area (Å²) in [7, 11) is 1.31. The van der Waals surface area contributed by atoms with Gasteiger partial charge in [-0.05, 0) is 19.8 Å². The maximum atomic E-state index is 11.8. The largest absolute Gasteiger partial charge is 0.481 e. The van der Waals surface area contributed by atoms with Crippen molar-refractivity contribution in [2.24, 2.45) is 0 Å². The SMILES string of the molecule is CCOC(=O)CCCC(=O)N(C)C(CCC(=O)O)C(=O)O. The number of ether oxygens (including phenoxy) is 1. The molecule has 0 spiro atoms. The Morgan fingerprint density at radius 3 is 2.19 bits per heavy atom. The summed E-state index contributed by atoms with van der Waals surface area (Å²) in [6, 6.07) is -1.18. The van der Waals surface area contributed by atoms with Gasteiger partial charge in [0.15, 0.2) is 0 Å². The maximum Gasteiger partial charge on any atom is 0.326 e. The van der Waals surface area contributed by atoms with Crippen LogP contribution >= 0.6 is 0 Å². The lowest BCUT2D eigenvalue weighted by Crippen LogP contribution is -2.42. The molecule has 21 heavy (non-hydrogen) atoms. The van der Waals surface area contributed by atoms with Crippen molar-refractivity contribution in [2.75, 3.05) is 13.7 Å². The van der Waals surface area contributed by atoms with Gasteiger partial charge in [-0.15, -0.1) is 0 Å². The monoisotopic (exact) mass is 303 g/mol. The number of nitrogens with zero attached hydrogens (tertiary/aromatic N) is 1. The number of amides is 1. The van der Waals surface area contributed by atoms with Crippen molar-refractivity contribution in [3.05, 3.63) is 0 Å². The van der Waals surface area contributed by atoms with Crippen LogP contribution in [0.15, 0.2) is 0 Å². The van der Waals surface area contributed by atoms with E-state index >= 15 is 0 Å². The number of carbonyl (C=O) groups is 4. The lowest BCUT2D eigenvalue weighted by atomic mass is 10.1. The standard InChI is InChI=1S/C13H21NO7/c1-3-21-12(18)6-4-5-10(15)14(2)9(13(19)20)7-8-11(16)17/h9H,3-8H2,1-2H3,(H,16,17)(H,19,20). The zero-order valence-electron chi connectivity index (χ0n) is 12.2. The van der Waals surface area contributed by atoms with Gasteiger partial charge >= 0.3 is 17.9 Å². The minimum Gasteiger partial charge on any atom is -0.481 e. The molecule has 0 aliphatic heterocycles. The van der Waals surface area contributed by atoms with Gasteiger partial charge in [0.2, 0.25) is 5.91 Å². The summed E-state index contributed by atoms with van der Waals surface area (Å²) in [5.74, 6) is -3.23. The summed E-state index contributed by atoms with van der Waals surface area (Å²) in [4.78, 5) is 45.5. The number of esters is 1. The lowest BCUT2D eigenvalue weighted by Gasteiger charge is -2.24. The molecule has 8 nitrogen and oxygen atoms in total. The molecule has 0 aromatic heterocycles. The number of carbonyl (C=O) groups excluding carboxylic acids is 2. The second-order valence-electron chi connectivity index (χ2n) is 4.45. The molecule has 0 aromatic rings. The third-order valence-electron chi connectivity index (χ3n) is 2.85. The average Bonchev–Trinajstić information content (AvgIpc) is 2.38. The van der Waals surface area contributed by atoms with Crippen LogP contribution in [0.4, 0.5) is 0 Å². The molecule has 0 aromatic carbocycles. The molecular formula is C13H21NO7. The highest BCUT2D eigenvalue weighted by Crippen LogP contribution is 2.10. The van der Waals surface area contributed by atoms with Crippen LogP contribution in [-0.4, -0.2) is 58.6 Å². The predicted molar refractivity (Wildman–Crippen MR) is 71.5 cm³/mol. The number of aliphatic carboxylic acids is 2. The molecule has 0 bridgehead atoms. The molecule has 1 amide bonds. The topological polar surface area (TPSA) is 121 Å². The minimum atomic E-state index is -1.25. The first-order valence-corrected chi connectivity index (χ1v) is 6.65. The van der Waals surface area contributed by atoms with Gasteiger partial charge in [-0.2, -0.15) is 0 Å². The zero-order valence-corrected chi connectivity index (χ0v) is 12.2. The fourth-order valence-electron chi connectivity index (χ4n) is 1.71. The Morgan fingerprint density at radius 1 is 1.10 bits per heavy atom. The maximum absolute atomic E-state index is 11.8. The van der Waals surface area contributed by atoms with Crippen LogP contribution in [0.2, 0.25) is 0 Å². The minimum absolute atomic E-state index is 0.00612. The molecule has 0 aliphatic carbocycles. The third-order valence-corrected chi connectivity index (χ3v) is 2.85. The third kappa shape index (κ3) is 7.91. The summed E-state index contributed by atoms with van der Waals surface area (Å²) in [6.07, 6.45) is -0.151. The number of carboxylic acid groups (broad SMARTS) is 2. The summed E-state index contributed by atoms with van der Waals surface area (Å²) in [5, 5.41) is 17.6. The Morgan fingerprint density at radius 2 is 1.71 bits per heavy atom. The first kappa shape index (κ1) is 18.9. The highest BCUT2D eigenvalue weighted by atomic mass is 16.5. The predicted octanol–water partition coefficient (Wildman–Crippen LogP) is 0.496. The van der Waals surface area contributed by atoms with Gasteiger partial charge in [-0.25, -0.2) is 4.79 Å². The van der Waals surface area contributed by atoms with Gasteiger partial charge < -0.3 is 19.8 Å². The van der Waals surface area contributed by atoms with E-state index in [1.54, 1.807) is 6.92 Å². The van der Waals surface area contributed by atoms with E-state index in [-0.39, 0.29) is 38.7 Å². The fraction of sp³-hybridized carbons (Fsp3) is 0.692. The summed E-state index contributed by atoms with van der Waals surface area (Å²) in [6.45, 7) is 1.94. The van der Waals surface area contributed by atoms with Crippen molar-refractivity contribution in [3.8, 4) is 0 Å². The molecule has 0 heterocycles. The molecule has 8 heteroatoms. The summed E-state index contributed by atoms with van der Waals surface area (Å²) >= 11 is 0. The molecule has 0 rings (SSSR count). The number of hydrogen-bond donors (Lipinski definition) is 2. The molecule has 120 valence electrons. The average molecular weight is 303 g/mol. The second kappa shape index (κ2) is 9.73. The van der Waals surface area contributed by atoms with Gasteiger partial charge in [0.1, 0.15) is 6.04 Å². The fourth-order valence-corrected chi connectivity index (χ4v) is 1.71. The number of carboxylic acids is 2. The lowest BCUT2D eigenvalue weighted by molar-refractivity contribution is -0.150. The Kier molecular flexibility index (Phi) is 8.75. The van der Waals surface area contributed by atoms with E-state index in [1.807, 2.05) is 0 Å². The first-order valence-electron chi connectivity index (χ1n) is 6.65. The van der Waals surface area contributed by atoms with E-state index in [9.17, 15) is 19.2 Å². The Bertz CT molecular complexity index is 394. The Hall–Kier alpha value is -2.12. The number of rotatable bonds is 10. The highest BCUT2D eigenvalue weighted by molar-refractivity contribution is 5.84. The van der Waals surface area contributed by atoms with Crippen molar-refractivity contribution >= 4 is 23.8 Å². The van der Waals surface area contributed by atoms with E-state index in [0.717, 1.165) is 4.90 Å². The first-order chi connectivity index (χ1) is 9.79. The van der Waals surface area contributed by atoms with Crippen LogP contribution in [0.25, 0.3) is 0 Å². The van der Waals surface area contributed by atoms with E-state index in [4.69, 9.17) is 14.9 Å². The van der Waals surface area contributed by atoms with Crippen LogP contribution in [0.3, 0.4) is 0 Å². The van der Waals surface area contributed by atoms with Crippen LogP contribution in [-0.2, 0) is 23.9 Å². The molecule has 1 unspecified atom stereocenters. The number of hydrogen-bond acceptors (Lipinski definition) is 5. The van der Waals surface area contributed by atoms with Gasteiger partial charge in [0, 0.05) is 26.3 Å². The molecular weight excluding hydrogens is 282 g/mol. The smallest absolute Gasteiger partial charge is 0.326 e. The molecule has 0 fully saturated rings. The van der Waals surface area contributed by atoms with Gasteiger partial charge in [-0.1, -0.05) is 0 Å². The van der Waals surface area contributed by atoms with Crippen molar-refractivity contribution in [1.29, 1.82) is 0 Å². The molecule has 0 radical (unpaired) electrons. The number of likely N-dealkylation sites (N-methyl/N-ethyl adjacent to an activating group) is 1. The van der Waals surface area contributed by atoms with Crippen molar-refractivity contribution in [2.45, 2.75) is 45.1 Å².